The standard InChI is InChI=1S/C19H36O4/c1-10-13-14(11-2)19(12-3,22-15(20)17(4,5)6)23-16(21)18(7,8)9/h14H,10-13H2,1-9H3. The lowest BCUT2D eigenvalue weighted by Crippen LogP contribution is -2.49. The smallest absolute Gasteiger partial charge is 0.314 e. The van der Waals surface area contributed by atoms with Gasteiger partial charge in [0.05, 0.1) is 10.8 Å². The average Bonchev–Trinajstić information content (AvgIpc) is 2.41. The lowest BCUT2D eigenvalue weighted by molar-refractivity contribution is -0.260. The summed E-state index contributed by atoms with van der Waals surface area (Å²) in [6.45, 7) is 16.9. The highest BCUT2D eigenvalue weighted by molar-refractivity contribution is 5.78. The second-order valence-corrected chi connectivity index (χ2v) is 8.34. The van der Waals surface area contributed by atoms with Gasteiger partial charge in [-0.25, -0.2) is 0 Å². The summed E-state index contributed by atoms with van der Waals surface area (Å²) in [6.07, 6.45) is 3.03. The predicted molar refractivity (Wildman–Crippen MR) is 92.8 cm³/mol. The average molecular weight is 328 g/mol. The van der Waals surface area contributed by atoms with Gasteiger partial charge in [0.25, 0.3) is 5.79 Å². The van der Waals surface area contributed by atoms with Gasteiger partial charge in [-0.2, -0.15) is 0 Å². The van der Waals surface area contributed by atoms with Crippen molar-refractivity contribution in [1.29, 1.82) is 0 Å². The zero-order valence-corrected chi connectivity index (χ0v) is 16.5. The maximum atomic E-state index is 12.5. The third kappa shape index (κ3) is 6.15. The molecule has 0 radical (unpaired) electrons. The van der Waals surface area contributed by atoms with Gasteiger partial charge in [-0.1, -0.05) is 27.2 Å². The molecule has 1 atom stereocenters. The molecule has 0 aromatic heterocycles. The van der Waals surface area contributed by atoms with E-state index in [1.807, 2.05) is 55.4 Å². The quantitative estimate of drug-likeness (QED) is 0.482. The highest BCUT2D eigenvalue weighted by Gasteiger charge is 2.47. The van der Waals surface area contributed by atoms with Crippen LogP contribution in [-0.2, 0) is 19.1 Å². The summed E-state index contributed by atoms with van der Waals surface area (Å²) in [5.41, 5.74) is -1.28. The van der Waals surface area contributed by atoms with E-state index in [0.717, 1.165) is 19.3 Å². The summed E-state index contributed by atoms with van der Waals surface area (Å²) in [6, 6.07) is 0. The van der Waals surface area contributed by atoms with Crippen LogP contribution in [0.5, 0.6) is 0 Å². The topological polar surface area (TPSA) is 52.6 Å². The molecule has 0 fully saturated rings. The fraction of sp³-hybridized carbons (Fsp3) is 0.895. The molecule has 0 spiro atoms. The Hall–Kier alpha value is -1.06. The molecule has 0 rings (SSSR count). The van der Waals surface area contributed by atoms with Gasteiger partial charge in [-0.15, -0.1) is 0 Å². The van der Waals surface area contributed by atoms with Crippen molar-refractivity contribution in [3.05, 3.63) is 0 Å². The number of rotatable bonds is 7. The normalized spacial score (nSPS) is 14.3. The van der Waals surface area contributed by atoms with Gasteiger partial charge in [0.2, 0.25) is 0 Å². The minimum absolute atomic E-state index is 0.00454. The molecule has 0 heterocycles. The van der Waals surface area contributed by atoms with E-state index in [1.165, 1.54) is 0 Å². The maximum Gasteiger partial charge on any atom is 0.314 e. The van der Waals surface area contributed by atoms with Gasteiger partial charge in [0.15, 0.2) is 0 Å². The third-order valence-corrected chi connectivity index (χ3v) is 4.00. The predicted octanol–water partition coefficient (Wildman–Crippen LogP) is 5.10. The molecule has 4 heteroatoms. The molecule has 0 aliphatic heterocycles. The molecule has 0 N–H and O–H groups in total. The molecular weight excluding hydrogens is 292 g/mol. The van der Waals surface area contributed by atoms with Crippen LogP contribution < -0.4 is 0 Å². The lowest BCUT2D eigenvalue weighted by Gasteiger charge is -2.41. The fourth-order valence-corrected chi connectivity index (χ4v) is 2.32. The van der Waals surface area contributed by atoms with Crippen LogP contribution in [-0.4, -0.2) is 17.7 Å². The van der Waals surface area contributed by atoms with E-state index in [2.05, 4.69) is 6.92 Å². The van der Waals surface area contributed by atoms with Gasteiger partial charge in [0.1, 0.15) is 0 Å². The molecule has 0 saturated heterocycles. The molecule has 0 aromatic carbocycles. The molecule has 0 aliphatic rings. The highest BCUT2D eigenvalue weighted by Crippen LogP contribution is 2.37. The number of carbonyl (C=O) groups is 2. The lowest BCUT2D eigenvalue weighted by atomic mass is 9.87. The van der Waals surface area contributed by atoms with E-state index >= 15 is 0 Å². The largest absolute Gasteiger partial charge is 0.422 e. The van der Waals surface area contributed by atoms with E-state index < -0.39 is 16.6 Å². The van der Waals surface area contributed by atoms with E-state index in [9.17, 15) is 9.59 Å². The minimum Gasteiger partial charge on any atom is -0.422 e. The first-order chi connectivity index (χ1) is 10.3. The number of esters is 2. The SMILES string of the molecule is CCCC(CC)C(CC)(OC(=O)C(C)(C)C)OC(=O)C(C)(C)C. The highest BCUT2D eigenvalue weighted by atomic mass is 16.7. The summed E-state index contributed by atoms with van der Waals surface area (Å²) in [5, 5.41) is 0. The van der Waals surface area contributed by atoms with Crippen molar-refractivity contribution < 1.29 is 19.1 Å². The molecular formula is C19H36O4. The Morgan fingerprint density at radius 1 is 0.826 bits per heavy atom. The number of carbonyl (C=O) groups excluding carboxylic acids is 2. The first-order valence-electron chi connectivity index (χ1n) is 8.80. The molecule has 136 valence electrons. The van der Waals surface area contributed by atoms with Crippen LogP contribution in [0.25, 0.3) is 0 Å². The van der Waals surface area contributed by atoms with Crippen LogP contribution in [0, 0.1) is 16.7 Å². The van der Waals surface area contributed by atoms with Gasteiger partial charge in [-0.05, 0) is 54.4 Å². The van der Waals surface area contributed by atoms with Crippen LogP contribution in [0.3, 0.4) is 0 Å². The van der Waals surface area contributed by atoms with Crippen LogP contribution in [0.4, 0.5) is 0 Å². The zero-order chi connectivity index (χ0) is 18.5. The summed E-state index contributed by atoms with van der Waals surface area (Å²) in [7, 11) is 0. The zero-order valence-electron chi connectivity index (χ0n) is 16.5. The Morgan fingerprint density at radius 2 is 1.22 bits per heavy atom. The van der Waals surface area contributed by atoms with Crippen molar-refractivity contribution in [3.8, 4) is 0 Å². The minimum atomic E-state index is -1.18. The molecule has 0 aliphatic carbocycles. The first kappa shape index (κ1) is 21.9. The summed E-state index contributed by atoms with van der Waals surface area (Å²) in [4.78, 5) is 25.0. The van der Waals surface area contributed by atoms with E-state index in [1.54, 1.807) is 0 Å². The Balaban J connectivity index is 5.72. The Kier molecular flexibility index (Phi) is 7.79. The monoisotopic (exact) mass is 328 g/mol. The van der Waals surface area contributed by atoms with Gasteiger partial charge < -0.3 is 9.47 Å². The summed E-state index contributed by atoms with van der Waals surface area (Å²) >= 11 is 0. The van der Waals surface area contributed by atoms with Gasteiger partial charge in [-0.3, -0.25) is 9.59 Å². The maximum absolute atomic E-state index is 12.5. The number of ether oxygens (including phenoxy) is 2. The van der Waals surface area contributed by atoms with Crippen molar-refractivity contribution in [2.45, 2.75) is 93.8 Å². The second kappa shape index (κ2) is 8.16. The van der Waals surface area contributed by atoms with E-state index in [0.29, 0.717) is 6.42 Å². The van der Waals surface area contributed by atoms with Crippen LogP contribution in [0.1, 0.15) is 88.0 Å². The van der Waals surface area contributed by atoms with Gasteiger partial charge >= 0.3 is 11.9 Å². The fourth-order valence-electron chi connectivity index (χ4n) is 2.32. The Bertz CT molecular complexity index is 371. The van der Waals surface area contributed by atoms with Crippen LogP contribution >= 0.6 is 0 Å². The van der Waals surface area contributed by atoms with Crippen molar-refractivity contribution in [2.75, 3.05) is 0 Å². The Labute approximate surface area is 142 Å². The van der Waals surface area contributed by atoms with E-state index in [-0.39, 0.29) is 17.9 Å². The van der Waals surface area contributed by atoms with Gasteiger partial charge in [0, 0.05) is 12.3 Å². The molecule has 0 bridgehead atoms. The van der Waals surface area contributed by atoms with Crippen LogP contribution in [0.15, 0.2) is 0 Å². The van der Waals surface area contributed by atoms with Crippen LogP contribution in [0.2, 0.25) is 0 Å². The number of hydrogen-bond donors (Lipinski definition) is 0. The third-order valence-electron chi connectivity index (χ3n) is 4.00. The van der Waals surface area contributed by atoms with Crippen molar-refractivity contribution >= 4 is 11.9 Å². The molecule has 4 nitrogen and oxygen atoms in total. The molecule has 0 saturated carbocycles. The van der Waals surface area contributed by atoms with Crippen molar-refractivity contribution in [2.24, 2.45) is 16.7 Å². The second-order valence-electron chi connectivity index (χ2n) is 8.34. The van der Waals surface area contributed by atoms with Crippen molar-refractivity contribution in [3.63, 3.8) is 0 Å². The van der Waals surface area contributed by atoms with Crippen molar-refractivity contribution in [1.82, 2.24) is 0 Å². The molecule has 0 amide bonds. The molecule has 23 heavy (non-hydrogen) atoms. The molecule has 1 unspecified atom stereocenters. The summed E-state index contributed by atoms with van der Waals surface area (Å²) < 4.78 is 11.7. The van der Waals surface area contributed by atoms with E-state index in [4.69, 9.17) is 9.47 Å². The first-order valence-corrected chi connectivity index (χ1v) is 8.80. The number of hydrogen-bond acceptors (Lipinski definition) is 4. The molecule has 0 aromatic rings. The Morgan fingerprint density at radius 3 is 1.43 bits per heavy atom. The summed E-state index contributed by atoms with van der Waals surface area (Å²) in [5.74, 6) is -1.86.